The van der Waals surface area contributed by atoms with E-state index in [0.29, 0.717) is 11.5 Å². The first-order valence-corrected chi connectivity index (χ1v) is 8.44. The standard InChI is InChI=1S/C18H26O2S/c1-5-6-7-8-9-11-15(2)12-10-13-16(3)17(19)14-18(20)21-4/h5-9,13,15H,1,10-12,14H2,2-4H3/b7-6+,9-8+,16-13+/t15-/m1/s1. The van der Waals surface area contributed by atoms with E-state index in [9.17, 15) is 9.59 Å². The third-order valence-electron chi connectivity index (χ3n) is 3.12. The van der Waals surface area contributed by atoms with E-state index in [1.807, 2.05) is 24.3 Å². The molecule has 3 heteroatoms. The largest absolute Gasteiger partial charge is 0.294 e. The van der Waals surface area contributed by atoms with Crippen molar-refractivity contribution in [3.8, 4) is 0 Å². The van der Waals surface area contributed by atoms with Gasteiger partial charge in [-0.2, -0.15) is 0 Å². The van der Waals surface area contributed by atoms with E-state index < -0.39 is 0 Å². The fourth-order valence-electron chi connectivity index (χ4n) is 1.69. The van der Waals surface area contributed by atoms with Crippen molar-refractivity contribution >= 4 is 22.7 Å². The van der Waals surface area contributed by atoms with E-state index in [0.717, 1.165) is 31.0 Å². The number of thioether (sulfide) groups is 1. The van der Waals surface area contributed by atoms with Gasteiger partial charge in [-0.15, -0.1) is 0 Å². The van der Waals surface area contributed by atoms with Crippen molar-refractivity contribution in [2.24, 2.45) is 5.92 Å². The van der Waals surface area contributed by atoms with Gasteiger partial charge in [-0.1, -0.05) is 61.7 Å². The summed E-state index contributed by atoms with van der Waals surface area (Å²) in [6.07, 6.45) is 16.4. The molecule has 0 bridgehead atoms. The van der Waals surface area contributed by atoms with Gasteiger partial charge >= 0.3 is 0 Å². The van der Waals surface area contributed by atoms with E-state index >= 15 is 0 Å². The topological polar surface area (TPSA) is 34.1 Å². The Kier molecular flexibility index (Phi) is 11.6. The van der Waals surface area contributed by atoms with E-state index in [1.54, 1.807) is 19.3 Å². The molecular formula is C18H26O2S. The molecule has 0 radical (unpaired) electrons. The maximum absolute atomic E-state index is 11.7. The lowest BCUT2D eigenvalue weighted by molar-refractivity contribution is -0.120. The number of allylic oxidation sites excluding steroid dienone is 7. The molecule has 0 N–H and O–H groups in total. The van der Waals surface area contributed by atoms with Crippen molar-refractivity contribution in [3.63, 3.8) is 0 Å². The molecule has 0 aromatic rings. The fraction of sp³-hybridized carbons (Fsp3) is 0.444. The summed E-state index contributed by atoms with van der Waals surface area (Å²) in [5.41, 5.74) is 0.703. The molecule has 0 aliphatic carbocycles. The van der Waals surface area contributed by atoms with Crippen LogP contribution in [0.2, 0.25) is 0 Å². The lowest BCUT2D eigenvalue weighted by Gasteiger charge is -2.06. The number of carbonyl (C=O) groups excluding carboxylic acids is 2. The molecule has 2 nitrogen and oxygen atoms in total. The molecule has 0 saturated heterocycles. The van der Waals surface area contributed by atoms with Crippen molar-refractivity contribution in [1.82, 2.24) is 0 Å². The molecule has 0 spiro atoms. The van der Waals surface area contributed by atoms with Gasteiger partial charge in [0, 0.05) is 0 Å². The number of rotatable bonds is 10. The van der Waals surface area contributed by atoms with Crippen molar-refractivity contribution < 1.29 is 9.59 Å². The second kappa shape index (κ2) is 12.4. The molecule has 0 aliphatic heterocycles. The quantitative estimate of drug-likeness (QED) is 0.327. The smallest absolute Gasteiger partial charge is 0.196 e. The van der Waals surface area contributed by atoms with Gasteiger partial charge in [0.25, 0.3) is 0 Å². The molecule has 0 fully saturated rings. The Bertz CT molecular complexity index is 430. The van der Waals surface area contributed by atoms with Crippen LogP contribution in [-0.4, -0.2) is 17.2 Å². The van der Waals surface area contributed by atoms with Crippen molar-refractivity contribution in [1.29, 1.82) is 0 Å². The van der Waals surface area contributed by atoms with Crippen LogP contribution in [0.4, 0.5) is 0 Å². The molecule has 0 aromatic carbocycles. The molecular weight excluding hydrogens is 280 g/mol. The predicted octanol–water partition coefficient (Wildman–Crippen LogP) is 4.89. The number of hydrogen-bond acceptors (Lipinski definition) is 3. The molecule has 116 valence electrons. The molecule has 0 rings (SSSR count). The zero-order chi connectivity index (χ0) is 16.1. The summed E-state index contributed by atoms with van der Waals surface area (Å²) in [6.45, 7) is 7.60. The minimum atomic E-state index is -0.0705. The van der Waals surface area contributed by atoms with E-state index in [2.05, 4.69) is 19.6 Å². The fourth-order valence-corrected chi connectivity index (χ4v) is 1.97. The lowest BCUT2D eigenvalue weighted by Crippen LogP contribution is -2.05. The highest BCUT2D eigenvalue weighted by Gasteiger charge is 2.09. The van der Waals surface area contributed by atoms with E-state index in [4.69, 9.17) is 0 Å². The summed E-state index contributed by atoms with van der Waals surface area (Å²) in [7, 11) is 0. The van der Waals surface area contributed by atoms with Gasteiger partial charge in [-0.25, -0.2) is 0 Å². The number of carbonyl (C=O) groups is 2. The minimum Gasteiger partial charge on any atom is -0.294 e. The Labute approximate surface area is 133 Å². The van der Waals surface area contributed by atoms with Crippen molar-refractivity contribution in [2.45, 2.75) is 39.5 Å². The second-order valence-electron chi connectivity index (χ2n) is 5.03. The summed E-state index contributed by atoms with van der Waals surface area (Å²) in [5, 5.41) is -0.0705. The first kappa shape index (κ1) is 19.7. The Morgan fingerprint density at radius 3 is 2.57 bits per heavy atom. The normalized spacial score (nSPS) is 13.8. The molecule has 0 saturated carbocycles. The van der Waals surface area contributed by atoms with Crippen LogP contribution in [0.25, 0.3) is 0 Å². The van der Waals surface area contributed by atoms with E-state index in [-0.39, 0.29) is 17.3 Å². The van der Waals surface area contributed by atoms with Crippen LogP contribution in [0.3, 0.4) is 0 Å². The highest BCUT2D eigenvalue weighted by molar-refractivity contribution is 8.13. The lowest BCUT2D eigenvalue weighted by atomic mass is 10.00. The van der Waals surface area contributed by atoms with Gasteiger partial charge in [0.1, 0.15) is 0 Å². The van der Waals surface area contributed by atoms with Gasteiger partial charge in [-0.3, -0.25) is 9.59 Å². The van der Waals surface area contributed by atoms with Crippen molar-refractivity contribution in [2.75, 3.05) is 6.26 Å². The number of ketones is 1. The van der Waals surface area contributed by atoms with Crippen LogP contribution < -0.4 is 0 Å². The Hall–Kier alpha value is -1.35. The number of Topliss-reactive ketones (excluding diaryl/α,β-unsaturated/α-hetero) is 1. The predicted molar refractivity (Wildman–Crippen MR) is 93.4 cm³/mol. The van der Waals surface area contributed by atoms with Crippen LogP contribution in [-0.2, 0) is 9.59 Å². The molecule has 1 atom stereocenters. The summed E-state index contributed by atoms with van der Waals surface area (Å²) in [4.78, 5) is 22.9. The highest BCUT2D eigenvalue weighted by Crippen LogP contribution is 2.13. The third-order valence-corrected chi connectivity index (χ3v) is 3.71. The van der Waals surface area contributed by atoms with Crippen molar-refractivity contribution in [3.05, 3.63) is 48.6 Å². The first-order valence-electron chi connectivity index (χ1n) is 7.22. The Balaban J connectivity index is 4.04. The monoisotopic (exact) mass is 306 g/mol. The highest BCUT2D eigenvalue weighted by atomic mass is 32.2. The zero-order valence-electron chi connectivity index (χ0n) is 13.3. The zero-order valence-corrected chi connectivity index (χ0v) is 14.1. The molecule has 0 heterocycles. The van der Waals surface area contributed by atoms with Crippen LogP contribution in [0.1, 0.15) is 39.5 Å². The Morgan fingerprint density at radius 2 is 1.95 bits per heavy atom. The van der Waals surface area contributed by atoms with Crippen LogP contribution in [0.5, 0.6) is 0 Å². The average Bonchev–Trinajstić information content (AvgIpc) is 2.46. The van der Waals surface area contributed by atoms with Gasteiger partial charge in [0.15, 0.2) is 10.9 Å². The van der Waals surface area contributed by atoms with Gasteiger partial charge < -0.3 is 0 Å². The Morgan fingerprint density at radius 1 is 1.24 bits per heavy atom. The summed E-state index contributed by atoms with van der Waals surface area (Å²) < 4.78 is 0. The first-order chi connectivity index (χ1) is 10.0. The SMILES string of the molecule is C=C/C=C/C=C/C[C@@H](C)CC/C=C(\C)C(=O)CC(=O)SC. The van der Waals surface area contributed by atoms with Gasteiger partial charge in [0.05, 0.1) is 6.42 Å². The summed E-state index contributed by atoms with van der Waals surface area (Å²) in [6, 6.07) is 0. The summed E-state index contributed by atoms with van der Waals surface area (Å²) >= 11 is 1.11. The molecule has 0 amide bonds. The molecule has 0 unspecified atom stereocenters. The maximum atomic E-state index is 11.7. The van der Waals surface area contributed by atoms with Gasteiger partial charge in [0.2, 0.25) is 0 Å². The van der Waals surface area contributed by atoms with Gasteiger partial charge in [-0.05, 0) is 43.9 Å². The summed E-state index contributed by atoms with van der Waals surface area (Å²) in [5.74, 6) is 0.516. The number of hydrogen-bond donors (Lipinski definition) is 0. The molecule has 0 aromatic heterocycles. The third kappa shape index (κ3) is 11.0. The van der Waals surface area contributed by atoms with Crippen LogP contribution >= 0.6 is 11.8 Å². The van der Waals surface area contributed by atoms with Crippen LogP contribution in [0.15, 0.2) is 48.6 Å². The van der Waals surface area contributed by atoms with Crippen LogP contribution in [0, 0.1) is 5.92 Å². The second-order valence-corrected chi connectivity index (χ2v) is 5.89. The maximum Gasteiger partial charge on any atom is 0.196 e. The molecule has 21 heavy (non-hydrogen) atoms. The minimum absolute atomic E-state index is 0.0113. The van der Waals surface area contributed by atoms with E-state index in [1.165, 1.54) is 0 Å². The molecule has 0 aliphatic rings. The average molecular weight is 306 g/mol.